The number of phenols is 1. The number of ketones is 1. The molecule has 0 heterocycles. The van der Waals surface area contributed by atoms with Gasteiger partial charge in [-0.15, -0.1) is 0 Å². The molecule has 5 heteroatoms. The molecule has 1 fully saturated rings. The van der Waals surface area contributed by atoms with Crippen molar-refractivity contribution in [3.05, 3.63) is 29.6 Å². The van der Waals surface area contributed by atoms with E-state index in [2.05, 4.69) is 0 Å². The summed E-state index contributed by atoms with van der Waals surface area (Å²) in [6, 6.07) is 3.66. The van der Waals surface area contributed by atoms with Gasteiger partial charge in [-0.3, -0.25) is 9.69 Å². The first-order valence-corrected chi connectivity index (χ1v) is 6.48. The van der Waals surface area contributed by atoms with Crippen LogP contribution in [0.15, 0.2) is 18.2 Å². The largest absolute Gasteiger partial charge is 0.507 e. The van der Waals surface area contributed by atoms with Gasteiger partial charge in [-0.2, -0.15) is 0 Å². The SMILES string of the molecule is O=C(CN(CCO)C1CCC1)c1cc(F)ccc1O. The van der Waals surface area contributed by atoms with Crippen LogP contribution in [0.4, 0.5) is 4.39 Å². The zero-order chi connectivity index (χ0) is 13.8. The van der Waals surface area contributed by atoms with Crippen molar-refractivity contribution < 1.29 is 19.4 Å². The van der Waals surface area contributed by atoms with E-state index in [1.54, 1.807) is 0 Å². The Morgan fingerprint density at radius 1 is 1.42 bits per heavy atom. The van der Waals surface area contributed by atoms with Crippen molar-refractivity contribution in [3.8, 4) is 5.75 Å². The number of aromatic hydroxyl groups is 1. The number of hydrogen-bond acceptors (Lipinski definition) is 4. The molecule has 1 aliphatic carbocycles. The summed E-state index contributed by atoms with van der Waals surface area (Å²) >= 11 is 0. The third-order valence-electron chi connectivity index (χ3n) is 3.58. The van der Waals surface area contributed by atoms with Crippen LogP contribution in [-0.4, -0.2) is 46.6 Å². The van der Waals surface area contributed by atoms with Crippen molar-refractivity contribution in [1.29, 1.82) is 0 Å². The second-order valence-electron chi connectivity index (χ2n) is 4.86. The van der Waals surface area contributed by atoms with Crippen molar-refractivity contribution in [1.82, 2.24) is 4.90 Å². The summed E-state index contributed by atoms with van der Waals surface area (Å²) in [5, 5.41) is 18.6. The van der Waals surface area contributed by atoms with Crippen LogP contribution >= 0.6 is 0 Å². The van der Waals surface area contributed by atoms with Crippen molar-refractivity contribution in [2.45, 2.75) is 25.3 Å². The zero-order valence-corrected chi connectivity index (χ0v) is 10.7. The Morgan fingerprint density at radius 2 is 2.16 bits per heavy atom. The van der Waals surface area contributed by atoms with Crippen LogP contribution in [0, 0.1) is 5.82 Å². The van der Waals surface area contributed by atoms with E-state index in [0.29, 0.717) is 12.6 Å². The first kappa shape index (κ1) is 14.0. The summed E-state index contributed by atoms with van der Waals surface area (Å²) in [7, 11) is 0. The van der Waals surface area contributed by atoms with Crippen molar-refractivity contribution in [2.75, 3.05) is 19.7 Å². The number of hydrogen-bond donors (Lipinski definition) is 2. The van der Waals surface area contributed by atoms with Gasteiger partial charge >= 0.3 is 0 Å². The standard InChI is InChI=1S/C14H18FNO3/c15-10-4-5-13(18)12(8-10)14(19)9-16(6-7-17)11-2-1-3-11/h4-5,8,11,17-18H,1-3,6-7,9H2. The van der Waals surface area contributed by atoms with Gasteiger partial charge < -0.3 is 10.2 Å². The monoisotopic (exact) mass is 267 g/mol. The fourth-order valence-corrected chi connectivity index (χ4v) is 2.27. The molecular formula is C14H18FNO3. The summed E-state index contributed by atoms with van der Waals surface area (Å²) in [6.45, 7) is 0.508. The smallest absolute Gasteiger partial charge is 0.180 e. The number of benzene rings is 1. The molecule has 1 aromatic carbocycles. The number of nitrogens with zero attached hydrogens (tertiary/aromatic N) is 1. The molecule has 2 N–H and O–H groups in total. The molecule has 0 aromatic heterocycles. The lowest BCUT2D eigenvalue weighted by atomic mass is 9.91. The van der Waals surface area contributed by atoms with Crippen LogP contribution < -0.4 is 0 Å². The van der Waals surface area contributed by atoms with Gasteiger partial charge in [0.05, 0.1) is 18.7 Å². The molecule has 0 aliphatic heterocycles. The summed E-state index contributed by atoms with van der Waals surface area (Å²) in [6.07, 6.45) is 3.16. The van der Waals surface area contributed by atoms with E-state index in [1.807, 2.05) is 4.90 Å². The Labute approximate surface area is 111 Å². The highest BCUT2D eigenvalue weighted by molar-refractivity contribution is 6.00. The molecule has 1 aromatic rings. The normalized spacial score (nSPS) is 15.5. The maximum absolute atomic E-state index is 13.1. The average molecular weight is 267 g/mol. The summed E-state index contributed by atoms with van der Waals surface area (Å²) in [5.41, 5.74) is 0.00210. The maximum Gasteiger partial charge on any atom is 0.180 e. The minimum absolute atomic E-state index is 0.00210. The van der Waals surface area contributed by atoms with Gasteiger partial charge in [0, 0.05) is 12.6 Å². The van der Waals surface area contributed by atoms with Crippen LogP contribution in [-0.2, 0) is 0 Å². The number of phenolic OH excluding ortho intramolecular Hbond substituents is 1. The van der Waals surface area contributed by atoms with Gasteiger partial charge in [-0.05, 0) is 31.0 Å². The Balaban J connectivity index is 2.07. The highest BCUT2D eigenvalue weighted by Gasteiger charge is 2.27. The highest BCUT2D eigenvalue weighted by atomic mass is 19.1. The molecule has 0 bridgehead atoms. The van der Waals surface area contributed by atoms with Crippen molar-refractivity contribution in [3.63, 3.8) is 0 Å². The highest BCUT2D eigenvalue weighted by Crippen LogP contribution is 2.25. The molecule has 19 heavy (non-hydrogen) atoms. The molecular weight excluding hydrogens is 249 g/mol. The minimum Gasteiger partial charge on any atom is -0.507 e. The van der Waals surface area contributed by atoms with Crippen molar-refractivity contribution in [2.24, 2.45) is 0 Å². The number of rotatable bonds is 6. The van der Waals surface area contributed by atoms with Gasteiger partial charge in [-0.1, -0.05) is 6.42 Å². The lowest BCUT2D eigenvalue weighted by molar-refractivity contribution is 0.0745. The third-order valence-corrected chi connectivity index (χ3v) is 3.58. The Morgan fingerprint density at radius 3 is 2.74 bits per heavy atom. The first-order chi connectivity index (χ1) is 9.11. The van der Waals surface area contributed by atoms with E-state index in [1.165, 1.54) is 6.07 Å². The molecule has 0 unspecified atom stereocenters. The molecule has 2 rings (SSSR count). The molecule has 4 nitrogen and oxygen atoms in total. The van der Waals surface area contributed by atoms with E-state index in [0.717, 1.165) is 31.4 Å². The van der Waals surface area contributed by atoms with E-state index in [4.69, 9.17) is 5.11 Å². The van der Waals surface area contributed by atoms with E-state index < -0.39 is 5.82 Å². The molecule has 0 atom stereocenters. The Kier molecular flexibility index (Phi) is 4.50. The van der Waals surface area contributed by atoms with Gasteiger partial charge in [0.25, 0.3) is 0 Å². The van der Waals surface area contributed by atoms with Crippen LogP contribution in [0.25, 0.3) is 0 Å². The molecule has 1 aliphatic rings. The van der Waals surface area contributed by atoms with Crippen LogP contribution in [0.1, 0.15) is 29.6 Å². The average Bonchev–Trinajstić information content (AvgIpc) is 2.30. The predicted octanol–water partition coefficient (Wildman–Crippen LogP) is 1.56. The van der Waals surface area contributed by atoms with Crippen LogP contribution in [0.5, 0.6) is 5.75 Å². The molecule has 104 valence electrons. The quantitative estimate of drug-likeness (QED) is 0.768. The minimum atomic E-state index is -0.543. The number of aliphatic hydroxyl groups is 1. The van der Waals surface area contributed by atoms with E-state index >= 15 is 0 Å². The molecule has 1 saturated carbocycles. The van der Waals surface area contributed by atoms with E-state index in [-0.39, 0.29) is 30.2 Å². The number of Topliss-reactive ketones (excluding diaryl/α,β-unsaturated/α-hetero) is 1. The van der Waals surface area contributed by atoms with Gasteiger partial charge in [0.1, 0.15) is 11.6 Å². The fraction of sp³-hybridized carbons (Fsp3) is 0.500. The zero-order valence-electron chi connectivity index (χ0n) is 10.7. The molecule has 0 radical (unpaired) electrons. The van der Waals surface area contributed by atoms with E-state index in [9.17, 15) is 14.3 Å². The maximum atomic E-state index is 13.1. The Bertz CT molecular complexity index is 460. The molecule has 0 amide bonds. The second-order valence-corrected chi connectivity index (χ2v) is 4.86. The van der Waals surface area contributed by atoms with Crippen LogP contribution in [0.3, 0.4) is 0 Å². The van der Waals surface area contributed by atoms with Gasteiger partial charge in [-0.25, -0.2) is 4.39 Å². The van der Waals surface area contributed by atoms with Crippen molar-refractivity contribution >= 4 is 5.78 Å². The third kappa shape index (κ3) is 3.30. The first-order valence-electron chi connectivity index (χ1n) is 6.48. The molecule has 0 saturated heterocycles. The fourth-order valence-electron chi connectivity index (χ4n) is 2.27. The lowest BCUT2D eigenvalue weighted by Crippen LogP contribution is -2.44. The van der Waals surface area contributed by atoms with Crippen LogP contribution in [0.2, 0.25) is 0 Å². The second kappa shape index (κ2) is 6.12. The molecule has 0 spiro atoms. The van der Waals surface area contributed by atoms with Gasteiger partial charge in [0.2, 0.25) is 0 Å². The van der Waals surface area contributed by atoms with Gasteiger partial charge in [0.15, 0.2) is 5.78 Å². The topological polar surface area (TPSA) is 60.8 Å². The number of halogens is 1. The number of carbonyl (C=O) groups excluding carboxylic acids is 1. The Hall–Kier alpha value is -1.46. The summed E-state index contributed by atoms with van der Waals surface area (Å²) in [4.78, 5) is 14.0. The lowest BCUT2D eigenvalue weighted by Gasteiger charge is -2.36. The summed E-state index contributed by atoms with van der Waals surface area (Å²) < 4.78 is 13.1. The number of carbonyl (C=O) groups is 1. The summed E-state index contributed by atoms with van der Waals surface area (Å²) in [5.74, 6) is -1.07. The number of aliphatic hydroxyl groups excluding tert-OH is 1. The predicted molar refractivity (Wildman–Crippen MR) is 68.7 cm³/mol.